The van der Waals surface area contributed by atoms with Gasteiger partial charge in [-0.15, -0.1) is 0 Å². The highest BCUT2D eigenvalue weighted by Gasteiger charge is 2.37. The van der Waals surface area contributed by atoms with E-state index in [0.717, 1.165) is 17.7 Å². The molecular formula is C31H34Cl2F3N3O4S. The summed E-state index contributed by atoms with van der Waals surface area (Å²) in [6.45, 7) is 7.66. The summed E-state index contributed by atoms with van der Waals surface area (Å²) in [6.07, 6.45) is -4.74. The number of alkyl halides is 3. The lowest BCUT2D eigenvalue weighted by Crippen LogP contribution is -2.55. The van der Waals surface area contributed by atoms with Gasteiger partial charge in [0, 0.05) is 17.1 Å². The van der Waals surface area contributed by atoms with Crippen molar-refractivity contribution in [1.82, 2.24) is 10.2 Å². The number of hydrogen-bond acceptors (Lipinski definition) is 4. The highest BCUT2D eigenvalue weighted by Crippen LogP contribution is 2.38. The van der Waals surface area contributed by atoms with Crippen LogP contribution < -0.4 is 9.62 Å². The van der Waals surface area contributed by atoms with Crippen LogP contribution in [0.25, 0.3) is 0 Å². The second-order valence-electron chi connectivity index (χ2n) is 11.3. The predicted molar refractivity (Wildman–Crippen MR) is 166 cm³/mol. The van der Waals surface area contributed by atoms with Crippen LogP contribution in [0.1, 0.15) is 50.8 Å². The van der Waals surface area contributed by atoms with E-state index in [-0.39, 0.29) is 17.9 Å². The molecule has 238 valence electrons. The lowest BCUT2D eigenvalue weighted by molar-refractivity contribution is -0.141. The fourth-order valence-electron chi connectivity index (χ4n) is 4.43. The first kappa shape index (κ1) is 35.2. The molecule has 0 saturated heterocycles. The molecule has 0 aliphatic heterocycles. The van der Waals surface area contributed by atoms with E-state index in [1.165, 1.54) is 29.2 Å². The third-order valence-electron chi connectivity index (χ3n) is 6.61. The maximum Gasteiger partial charge on any atom is 0.417 e. The van der Waals surface area contributed by atoms with Gasteiger partial charge in [0.15, 0.2) is 0 Å². The number of benzene rings is 3. The van der Waals surface area contributed by atoms with Gasteiger partial charge in [-0.25, -0.2) is 8.42 Å². The molecule has 0 heterocycles. The third kappa shape index (κ3) is 8.67. The van der Waals surface area contributed by atoms with Crippen molar-refractivity contribution >= 4 is 50.7 Å². The van der Waals surface area contributed by atoms with Crippen molar-refractivity contribution in [3.63, 3.8) is 0 Å². The first-order valence-corrected chi connectivity index (χ1v) is 15.9. The van der Waals surface area contributed by atoms with Crippen LogP contribution in [0, 0.1) is 6.92 Å². The number of carbonyl (C=O) groups excluding carboxylic acids is 2. The molecule has 0 unspecified atom stereocenters. The normalized spacial score (nSPS) is 12.9. The average molecular weight is 673 g/mol. The predicted octanol–water partition coefficient (Wildman–Crippen LogP) is 7.24. The summed E-state index contributed by atoms with van der Waals surface area (Å²) in [5.74, 6) is -1.32. The van der Waals surface area contributed by atoms with Crippen LogP contribution in [0.15, 0.2) is 71.6 Å². The molecule has 0 saturated carbocycles. The Bertz CT molecular complexity index is 1610. The van der Waals surface area contributed by atoms with Gasteiger partial charge < -0.3 is 10.2 Å². The lowest BCUT2D eigenvalue weighted by atomic mass is 10.1. The zero-order valence-corrected chi connectivity index (χ0v) is 27.2. The van der Waals surface area contributed by atoms with Crippen LogP contribution in [0.4, 0.5) is 18.9 Å². The van der Waals surface area contributed by atoms with Crippen molar-refractivity contribution in [1.29, 1.82) is 0 Å². The second-order valence-corrected chi connectivity index (χ2v) is 13.9. The summed E-state index contributed by atoms with van der Waals surface area (Å²) in [6, 6.07) is 13.9. The van der Waals surface area contributed by atoms with Gasteiger partial charge in [0.2, 0.25) is 11.8 Å². The molecule has 0 aliphatic rings. The molecule has 0 spiro atoms. The number of halogens is 5. The Kier molecular flexibility index (Phi) is 11.0. The number of nitrogens with one attached hydrogen (secondary N) is 1. The molecule has 0 radical (unpaired) electrons. The van der Waals surface area contributed by atoms with E-state index in [0.29, 0.717) is 21.0 Å². The molecular weight excluding hydrogens is 638 g/mol. The molecule has 0 bridgehead atoms. The minimum atomic E-state index is -4.90. The molecule has 7 nitrogen and oxygen atoms in total. The van der Waals surface area contributed by atoms with Gasteiger partial charge in [0.1, 0.15) is 12.6 Å². The van der Waals surface area contributed by atoms with E-state index in [2.05, 4.69) is 5.32 Å². The van der Waals surface area contributed by atoms with E-state index in [9.17, 15) is 31.2 Å². The first-order valence-electron chi connectivity index (χ1n) is 13.7. The van der Waals surface area contributed by atoms with Gasteiger partial charge in [-0.3, -0.25) is 13.9 Å². The van der Waals surface area contributed by atoms with E-state index >= 15 is 0 Å². The maximum atomic E-state index is 14.1. The Morgan fingerprint density at radius 1 is 0.932 bits per heavy atom. The van der Waals surface area contributed by atoms with E-state index in [1.807, 2.05) is 0 Å². The highest BCUT2D eigenvalue weighted by atomic mass is 35.5. The minimum absolute atomic E-state index is 0.155. The zero-order valence-electron chi connectivity index (χ0n) is 24.9. The second kappa shape index (κ2) is 13.8. The summed E-state index contributed by atoms with van der Waals surface area (Å²) >= 11 is 12.2. The van der Waals surface area contributed by atoms with Gasteiger partial charge in [0.25, 0.3) is 10.0 Å². The van der Waals surface area contributed by atoms with Crippen molar-refractivity contribution in [2.75, 3.05) is 10.8 Å². The molecule has 0 aromatic heterocycles. The zero-order chi connectivity index (χ0) is 33.0. The van der Waals surface area contributed by atoms with Crippen LogP contribution in [-0.4, -0.2) is 43.3 Å². The summed E-state index contributed by atoms with van der Waals surface area (Å²) in [5, 5.41) is 2.52. The molecule has 3 aromatic carbocycles. The van der Waals surface area contributed by atoms with Crippen molar-refractivity contribution in [3.8, 4) is 0 Å². The summed E-state index contributed by atoms with van der Waals surface area (Å²) in [5.41, 5.74) is -1.11. The molecule has 1 N–H and O–H groups in total. The topological polar surface area (TPSA) is 86.8 Å². The SMILES string of the molecule is CC[C@H](C(=O)NC(C)(C)C)N(Cc1ccccc1Cl)C(=O)CN(c1ccc(Cl)c(C(F)(F)F)c1)S(=O)(=O)c1ccc(C)cc1. The molecule has 13 heteroatoms. The van der Waals surface area contributed by atoms with Gasteiger partial charge in [0.05, 0.1) is 21.2 Å². The third-order valence-corrected chi connectivity index (χ3v) is 9.10. The van der Waals surface area contributed by atoms with Crippen LogP contribution in [0.5, 0.6) is 0 Å². The van der Waals surface area contributed by atoms with Gasteiger partial charge >= 0.3 is 6.18 Å². The molecule has 0 fully saturated rings. The minimum Gasteiger partial charge on any atom is -0.350 e. The molecule has 44 heavy (non-hydrogen) atoms. The van der Waals surface area contributed by atoms with Gasteiger partial charge in [-0.05, 0) is 76.1 Å². The molecule has 1 atom stereocenters. The number of anilines is 1. The monoisotopic (exact) mass is 671 g/mol. The largest absolute Gasteiger partial charge is 0.417 e. The number of sulfonamides is 1. The number of rotatable bonds is 10. The summed E-state index contributed by atoms with van der Waals surface area (Å²) in [7, 11) is -4.59. The van der Waals surface area contributed by atoms with Crippen molar-refractivity contribution in [2.24, 2.45) is 0 Å². The van der Waals surface area contributed by atoms with Crippen molar-refractivity contribution in [3.05, 3.63) is 93.5 Å². The van der Waals surface area contributed by atoms with E-state index in [1.54, 1.807) is 58.9 Å². The van der Waals surface area contributed by atoms with Gasteiger partial charge in [-0.2, -0.15) is 13.2 Å². The molecule has 3 aromatic rings. The molecule has 0 aliphatic carbocycles. The molecule has 2 amide bonds. The molecule has 3 rings (SSSR count). The smallest absolute Gasteiger partial charge is 0.350 e. The van der Waals surface area contributed by atoms with Crippen LogP contribution in [-0.2, 0) is 32.3 Å². The van der Waals surface area contributed by atoms with Gasteiger partial charge in [-0.1, -0.05) is 66.0 Å². The van der Waals surface area contributed by atoms with Crippen molar-refractivity contribution < 1.29 is 31.2 Å². The van der Waals surface area contributed by atoms with Crippen molar-refractivity contribution in [2.45, 2.75) is 70.2 Å². The summed E-state index contributed by atoms with van der Waals surface area (Å²) in [4.78, 5) is 28.5. The Balaban J connectivity index is 2.18. The summed E-state index contributed by atoms with van der Waals surface area (Å²) < 4.78 is 70.0. The lowest BCUT2D eigenvalue weighted by Gasteiger charge is -2.35. The maximum absolute atomic E-state index is 14.1. The average Bonchev–Trinajstić information content (AvgIpc) is 2.91. The fourth-order valence-corrected chi connectivity index (χ4v) is 6.26. The number of hydrogen-bond donors (Lipinski definition) is 1. The fraction of sp³-hybridized carbons (Fsp3) is 0.355. The number of aryl methyl sites for hydroxylation is 1. The highest BCUT2D eigenvalue weighted by molar-refractivity contribution is 7.92. The number of carbonyl (C=O) groups is 2. The Morgan fingerprint density at radius 2 is 1.55 bits per heavy atom. The van der Waals surface area contributed by atoms with Crippen LogP contribution in [0.3, 0.4) is 0 Å². The van der Waals surface area contributed by atoms with E-state index in [4.69, 9.17) is 23.2 Å². The Morgan fingerprint density at radius 3 is 2.09 bits per heavy atom. The van der Waals surface area contributed by atoms with Crippen LogP contribution in [0.2, 0.25) is 10.0 Å². The number of nitrogens with zero attached hydrogens (tertiary/aromatic N) is 2. The standard InChI is InChI=1S/C31H34Cl2F3N3O4S/c1-6-27(29(41)37-30(3,4)5)38(18-21-9-7-8-10-25(21)32)28(40)19-39(44(42,43)23-14-11-20(2)12-15-23)22-13-16-26(33)24(17-22)31(34,35)36/h7-17,27H,6,18-19H2,1-5H3,(H,37,41)/t27-/m1/s1. The van der Waals surface area contributed by atoms with E-state index < -0.39 is 62.4 Å². The Hall–Kier alpha value is -3.28. The number of amides is 2. The Labute approximate surface area is 266 Å². The quantitative estimate of drug-likeness (QED) is 0.246. The first-order chi connectivity index (χ1) is 20.3. The van der Waals surface area contributed by atoms with Crippen LogP contribution >= 0.6 is 23.2 Å².